The first-order chi connectivity index (χ1) is 33.7. The number of amides is 5. The number of pyridine rings is 1. The van der Waals surface area contributed by atoms with Crippen LogP contribution in [0, 0.1) is 34.4 Å². The van der Waals surface area contributed by atoms with Gasteiger partial charge in [0.15, 0.2) is 0 Å². The lowest BCUT2D eigenvalue weighted by atomic mass is 9.63. The maximum Gasteiger partial charge on any atom is 0.433 e. The molecule has 13 nitrogen and oxygen atoms in total. The molecule has 0 radical (unpaired) electrons. The summed E-state index contributed by atoms with van der Waals surface area (Å²) in [6.07, 6.45) is -0.230. The smallest absolute Gasteiger partial charge is 0.433 e. The van der Waals surface area contributed by atoms with Crippen molar-refractivity contribution in [2.24, 2.45) is 16.7 Å². The standard InChI is InChI=1S/C53H52ClF4N7O6/c1-50(2,3)24-41-52(27-60-37-22-40(53(56,57)58)59-25-34(37)52)43(32-9-6-10-35(54)44(32)55)45(62-41)47(68)61-36-14-12-29(21-39(36)71-4)48(69)64-19-17-51(18-20-64)23-30(51)13-11-28-7-5-8-31-33(28)26-65(49(31)70)38-15-16-42(66)63-46(38)67/h5-10,12,14,21-22,25,30,38,41,43,45,60,62H,15-20,23-24,26-27H2,1-4H3,(H,61,68)(H,63,66,67)/t30-,38+,41+,43+,45-,52+/m1/s1. The van der Waals surface area contributed by atoms with Gasteiger partial charge in [-0.25, -0.2) is 4.39 Å². The van der Waals surface area contributed by atoms with E-state index in [9.17, 15) is 37.1 Å². The Morgan fingerprint density at radius 1 is 1.03 bits per heavy atom. The first-order valence-electron chi connectivity index (χ1n) is 23.8. The van der Waals surface area contributed by atoms with Crippen LogP contribution in [0.5, 0.6) is 5.75 Å². The predicted octanol–water partition coefficient (Wildman–Crippen LogP) is 7.82. The van der Waals surface area contributed by atoms with Crippen molar-refractivity contribution in [3.05, 3.63) is 117 Å². The number of methoxy groups -OCH3 is 1. The number of ether oxygens (including phenoxy) is 1. The number of hydrogen-bond donors (Lipinski definition) is 4. The number of piperidine rings is 2. The first kappa shape index (κ1) is 48.1. The van der Waals surface area contributed by atoms with Gasteiger partial charge in [0.25, 0.3) is 11.8 Å². The van der Waals surface area contributed by atoms with Crippen LogP contribution in [0.4, 0.5) is 28.9 Å². The van der Waals surface area contributed by atoms with E-state index >= 15 is 4.39 Å². The lowest BCUT2D eigenvalue weighted by Crippen LogP contribution is -2.52. The summed E-state index contributed by atoms with van der Waals surface area (Å²) in [6.45, 7) is 7.37. The molecule has 6 heterocycles. The van der Waals surface area contributed by atoms with Crippen molar-refractivity contribution >= 4 is 52.5 Å². The number of alkyl halides is 3. The van der Waals surface area contributed by atoms with Crippen LogP contribution < -0.4 is 26.0 Å². The molecule has 4 N–H and O–H groups in total. The second kappa shape index (κ2) is 17.7. The van der Waals surface area contributed by atoms with Crippen molar-refractivity contribution in [2.45, 2.75) is 101 Å². The molecular weight excluding hydrogens is 942 g/mol. The zero-order valence-electron chi connectivity index (χ0n) is 39.5. The summed E-state index contributed by atoms with van der Waals surface area (Å²) in [4.78, 5) is 73.6. The molecule has 370 valence electrons. The molecule has 5 amide bonds. The van der Waals surface area contributed by atoms with E-state index in [1.807, 2.05) is 26.8 Å². The summed E-state index contributed by atoms with van der Waals surface area (Å²) in [5.74, 6) is 3.56. The van der Waals surface area contributed by atoms with Crippen LogP contribution in [0.25, 0.3) is 0 Å². The number of fused-ring (bicyclic) bond motifs is 3. The Morgan fingerprint density at radius 2 is 1.79 bits per heavy atom. The normalized spacial score (nSPS) is 25.3. The molecule has 6 aliphatic rings. The summed E-state index contributed by atoms with van der Waals surface area (Å²) >= 11 is 6.37. The van der Waals surface area contributed by atoms with Gasteiger partial charge in [-0.2, -0.15) is 13.2 Å². The third-order valence-corrected chi connectivity index (χ3v) is 15.8. The molecule has 1 aromatic heterocycles. The van der Waals surface area contributed by atoms with Gasteiger partial charge in [0.1, 0.15) is 23.3 Å². The molecule has 1 aliphatic carbocycles. The molecular formula is C53H52ClF4N7O6. The summed E-state index contributed by atoms with van der Waals surface area (Å²) < 4.78 is 63.8. The van der Waals surface area contributed by atoms with Gasteiger partial charge in [-0.1, -0.05) is 62.4 Å². The number of halogens is 5. The van der Waals surface area contributed by atoms with Gasteiger partial charge in [-0.15, -0.1) is 0 Å². The Labute approximate surface area is 412 Å². The molecule has 18 heteroatoms. The zero-order valence-corrected chi connectivity index (χ0v) is 40.2. The predicted molar refractivity (Wildman–Crippen MR) is 255 cm³/mol. The highest BCUT2D eigenvalue weighted by Crippen LogP contribution is 2.60. The van der Waals surface area contributed by atoms with Crippen molar-refractivity contribution in [1.29, 1.82) is 0 Å². The van der Waals surface area contributed by atoms with Gasteiger partial charge < -0.3 is 30.5 Å². The number of carbonyl (C=O) groups excluding carboxylic acids is 5. The quantitative estimate of drug-likeness (QED) is 0.0823. The highest BCUT2D eigenvalue weighted by Gasteiger charge is 2.62. The first-order valence-corrected chi connectivity index (χ1v) is 24.2. The molecule has 0 unspecified atom stereocenters. The third kappa shape index (κ3) is 8.56. The molecule has 3 saturated heterocycles. The SMILES string of the molecule is COc1cc(C(=O)N2CCC3(CC2)C[C@H]3C#Cc2cccc3c2CN([C@H]2CCC(=O)NC2=O)C3=O)ccc1NC(=O)[C@@H]1N[C@@H](CC(C)(C)C)[C@@]2(CNc3cc(C(F)(F)F)ncc32)[C@H]1c1cccc(Cl)c1F. The minimum atomic E-state index is -4.70. The average Bonchev–Trinajstić information content (AvgIpc) is 3.54. The van der Waals surface area contributed by atoms with E-state index in [0.717, 1.165) is 36.5 Å². The topological polar surface area (TPSA) is 162 Å². The van der Waals surface area contributed by atoms with E-state index in [1.54, 1.807) is 47.4 Å². The van der Waals surface area contributed by atoms with Gasteiger partial charge in [0.05, 0.1) is 23.9 Å². The average molecular weight is 994 g/mol. The Balaban J connectivity index is 0.841. The van der Waals surface area contributed by atoms with Gasteiger partial charge in [0.2, 0.25) is 17.7 Å². The number of nitrogens with zero attached hydrogens (tertiary/aromatic N) is 3. The highest BCUT2D eigenvalue weighted by molar-refractivity contribution is 6.30. The van der Waals surface area contributed by atoms with Crippen LogP contribution in [0.3, 0.4) is 0 Å². The van der Waals surface area contributed by atoms with Crippen LogP contribution in [-0.4, -0.2) is 89.2 Å². The minimum Gasteiger partial charge on any atom is -0.495 e. The van der Waals surface area contributed by atoms with Crippen molar-refractivity contribution in [1.82, 2.24) is 25.4 Å². The van der Waals surface area contributed by atoms with E-state index in [0.29, 0.717) is 36.2 Å². The second-order valence-electron chi connectivity index (χ2n) is 20.9. The number of benzene rings is 3. The van der Waals surface area contributed by atoms with Gasteiger partial charge in [-0.05, 0) is 96.5 Å². The molecule has 71 heavy (non-hydrogen) atoms. The van der Waals surface area contributed by atoms with Crippen molar-refractivity contribution in [3.8, 4) is 17.6 Å². The summed E-state index contributed by atoms with van der Waals surface area (Å²) in [5.41, 5.74) is 0.761. The van der Waals surface area contributed by atoms with E-state index in [2.05, 4.69) is 38.1 Å². The molecule has 4 fully saturated rings. The molecule has 3 aromatic carbocycles. The third-order valence-electron chi connectivity index (χ3n) is 15.5. The van der Waals surface area contributed by atoms with E-state index in [1.165, 1.54) is 24.3 Å². The number of rotatable bonds is 7. The second-order valence-corrected chi connectivity index (χ2v) is 21.3. The van der Waals surface area contributed by atoms with E-state index < -0.39 is 59.0 Å². The van der Waals surface area contributed by atoms with Crippen LogP contribution in [0.1, 0.15) is 114 Å². The fourth-order valence-corrected chi connectivity index (χ4v) is 12.0. The number of carbonyl (C=O) groups is 5. The number of nitrogens with one attached hydrogen (secondary N) is 4. The molecule has 4 aromatic rings. The molecule has 10 rings (SSSR count). The van der Waals surface area contributed by atoms with Crippen LogP contribution >= 0.6 is 11.6 Å². The van der Waals surface area contributed by atoms with Crippen molar-refractivity contribution < 1.29 is 46.3 Å². The Morgan fingerprint density at radius 3 is 2.51 bits per heavy atom. The molecule has 6 atom stereocenters. The van der Waals surface area contributed by atoms with Crippen LogP contribution in [0.2, 0.25) is 5.02 Å². The lowest BCUT2D eigenvalue weighted by molar-refractivity contribution is -0.141. The zero-order chi connectivity index (χ0) is 50.4. The van der Waals surface area contributed by atoms with Crippen molar-refractivity contribution in [3.63, 3.8) is 0 Å². The maximum atomic E-state index is 16.3. The largest absolute Gasteiger partial charge is 0.495 e. The number of anilines is 2. The Kier molecular flexibility index (Phi) is 12.0. The number of aromatic nitrogens is 1. The lowest BCUT2D eigenvalue weighted by Gasteiger charge is -2.39. The number of likely N-dealkylation sites (tertiary alicyclic amines) is 1. The van der Waals surface area contributed by atoms with Crippen LogP contribution in [-0.2, 0) is 32.5 Å². The minimum absolute atomic E-state index is 0.0358. The summed E-state index contributed by atoms with van der Waals surface area (Å²) in [5, 5.41) is 11.8. The monoisotopic (exact) mass is 993 g/mol. The molecule has 1 saturated carbocycles. The van der Waals surface area contributed by atoms with E-state index in [4.69, 9.17) is 16.3 Å². The molecule has 5 aliphatic heterocycles. The molecule has 2 spiro atoms. The number of hydrogen-bond acceptors (Lipinski definition) is 9. The highest BCUT2D eigenvalue weighted by atomic mass is 35.5. The van der Waals surface area contributed by atoms with Gasteiger partial charge in [-0.3, -0.25) is 34.3 Å². The maximum absolute atomic E-state index is 16.3. The fraction of sp³-hybridized carbons (Fsp3) is 0.434. The Hall–Kier alpha value is -6.51. The number of imide groups is 1. The van der Waals surface area contributed by atoms with Crippen molar-refractivity contribution in [2.75, 3.05) is 37.4 Å². The van der Waals surface area contributed by atoms with E-state index in [-0.39, 0.29) is 88.1 Å². The van der Waals surface area contributed by atoms with Gasteiger partial charge >= 0.3 is 6.18 Å². The summed E-state index contributed by atoms with van der Waals surface area (Å²) in [6, 6.07) is 13.3. The van der Waals surface area contributed by atoms with Gasteiger partial charge in [0, 0.05) is 90.0 Å². The Bertz CT molecular complexity index is 2980. The summed E-state index contributed by atoms with van der Waals surface area (Å²) in [7, 11) is 1.42. The fourth-order valence-electron chi connectivity index (χ4n) is 11.8. The molecule has 0 bridgehead atoms. The van der Waals surface area contributed by atoms with Crippen LogP contribution in [0.15, 0.2) is 66.9 Å².